The molecule has 0 aromatic heterocycles. The van der Waals surface area contributed by atoms with Gasteiger partial charge < -0.3 is 21.1 Å². The Morgan fingerprint density at radius 2 is 1.92 bits per heavy atom. The molecule has 1 saturated heterocycles. The number of benzene rings is 1. The molecule has 1 aliphatic heterocycles. The lowest BCUT2D eigenvalue weighted by Crippen LogP contribution is -2.42. The summed E-state index contributed by atoms with van der Waals surface area (Å²) in [6, 6.07) is 8.32. The van der Waals surface area contributed by atoms with Gasteiger partial charge in [-0.1, -0.05) is 29.8 Å². The number of aryl methyl sites for hydroxylation is 1. The van der Waals surface area contributed by atoms with E-state index in [1.807, 2.05) is 0 Å². The Labute approximate surface area is 148 Å². The van der Waals surface area contributed by atoms with Gasteiger partial charge in [-0.25, -0.2) is 0 Å². The van der Waals surface area contributed by atoms with Gasteiger partial charge in [0.15, 0.2) is 0 Å². The van der Waals surface area contributed by atoms with Crippen LogP contribution in [0.2, 0.25) is 0 Å². The molecule has 0 aliphatic carbocycles. The van der Waals surface area contributed by atoms with Crippen molar-refractivity contribution in [2.24, 2.45) is 11.7 Å². The van der Waals surface area contributed by atoms with E-state index >= 15 is 0 Å². The molecule has 4 N–H and O–H groups in total. The lowest BCUT2D eigenvalue weighted by Gasteiger charge is -2.32. The molecule has 1 aromatic rings. The molecule has 24 heavy (non-hydrogen) atoms. The van der Waals surface area contributed by atoms with Gasteiger partial charge in [-0.2, -0.15) is 0 Å². The van der Waals surface area contributed by atoms with Crippen molar-refractivity contribution in [2.75, 3.05) is 26.2 Å². The molecule has 7 heteroatoms. The number of hydrogen-bond donors (Lipinski definition) is 3. The minimum absolute atomic E-state index is 0. The van der Waals surface area contributed by atoms with Gasteiger partial charge in [0.25, 0.3) is 0 Å². The summed E-state index contributed by atoms with van der Waals surface area (Å²) in [7, 11) is 0. The van der Waals surface area contributed by atoms with E-state index in [2.05, 4.69) is 41.8 Å². The van der Waals surface area contributed by atoms with E-state index < -0.39 is 0 Å². The highest BCUT2D eigenvalue weighted by molar-refractivity contribution is 5.85. The van der Waals surface area contributed by atoms with Crippen LogP contribution in [-0.4, -0.2) is 38.1 Å². The van der Waals surface area contributed by atoms with Crippen molar-refractivity contribution in [2.45, 2.75) is 25.9 Å². The van der Waals surface area contributed by atoms with Crippen LogP contribution in [-0.2, 0) is 14.3 Å². The third kappa shape index (κ3) is 6.11. The van der Waals surface area contributed by atoms with Crippen LogP contribution in [0.5, 0.6) is 0 Å². The van der Waals surface area contributed by atoms with Crippen LogP contribution in [0.25, 0.3) is 0 Å². The summed E-state index contributed by atoms with van der Waals surface area (Å²) in [6.07, 6.45) is 2.00. The number of nitrogens with one attached hydrogen (secondary N) is 2. The summed E-state index contributed by atoms with van der Waals surface area (Å²) < 4.78 is 5.93. The van der Waals surface area contributed by atoms with Crippen LogP contribution >= 0.6 is 12.4 Å². The van der Waals surface area contributed by atoms with Gasteiger partial charge in [0, 0.05) is 19.1 Å². The van der Waals surface area contributed by atoms with E-state index in [9.17, 15) is 9.59 Å². The molecule has 1 fully saturated rings. The summed E-state index contributed by atoms with van der Waals surface area (Å²) in [6.45, 7) is 3.18. The number of hydrogen-bond acceptors (Lipinski definition) is 4. The van der Waals surface area contributed by atoms with Gasteiger partial charge in [-0.15, -0.1) is 12.4 Å². The maximum absolute atomic E-state index is 11.8. The molecule has 2 amide bonds. The molecule has 2 rings (SSSR count). The van der Waals surface area contributed by atoms with Gasteiger partial charge in [-0.3, -0.25) is 9.59 Å². The van der Waals surface area contributed by atoms with E-state index in [1.165, 1.54) is 5.56 Å². The Morgan fingerprint density at radius 1 is 1.21 bits per heavy atom. The molecular formula is C17H26ClN3O3. The smallest absolute Gasteiger partial charge is 0.239 e. The summed E-state index contributed by atoms with van der Waals surface area (Å²) in [5.41, 5.74) is 7.54. The van der Waals surface area contributed by atoms with Gasteiger partial charge in [-0.05, 0) is 25.3 Å². The van der Waals surface area contributed by atoms with E-state index in [0.717, 1.165) is 25.0 Å². The van der Waals surface area contributed by atoms with Crippen LogP contribution in [0.3, 0.4) is 0 Å². The second-order valence-electron chi connectivity index (χ2n) is 5.89. The molecule has 0 bridgehead atoms. The van der Waals surface area contributed by atoms with Crippen molar-refractivity contribution in [3.8, 4) is 0 Å². The molecular weight excluding hydrogens is 330 g/mol. The zero-order chi connectivity index (χ0) is 16.7. The normalized spacial score (nSPS) is 19.9. The van der Waals surface area contributed by atoms with Crippen LogP contribution in [0.1, 0.15) is 30.1 Å². The van der Waals surface area contributed by atoms with Crippen molar-refractivity contribution in [3.05, 3.63) is 35.4 Å². The fourth-order valence-corrected chi connectivity index (χ4v) is 2.74. The number of carbonyl (C=O) groups is 2. The first kappa shape index (κ1) is 20.4. The van der Waals surface area contributed by atoms with Crippen LogP contribution < -0.4 is 16.4 Å². The Bertz CT molecular complexity index is 536. The summed E-state index contributed by atoms with van der Waals surface area (Å²) in [4.78, 5) is 22.8. The summed E-state index contributed by atoms with van der Waals surface area (Å²) >= 11 is 0. The van der Waals surface area contributed by atoms with E-state index in [0.29, 0.717) is 6.54 Å². The number of ether oxygens (including phenoxy) is 1. The molecule has 2 unspecified atom stereocenters. The number of halogens is 1. The first-order chi connectivity index (χ1) is 11.1. The number of carbonyl (C=O) groups excluding carboxylic acids is 2. The Hall–Kier alpha value is -1.63. The second kappa shape index (κ2) is 10.3. The Morgan fingerprint density at radius 3 is 2.58 bits per heavy atom. The largest absolute Gasteiger partial charge is 0.373 e. The van der Waals surface area contributed by atoms with E-state index in [-0.39, 0.29) is 49.3 Å². The molecule has 1 aliphatic rings. The van der Waals surface area contributed by atoms with Gasteiger partial charge >= 0.3 is 0 Å². The van der Waals surface area contributed by atoms with Crippen molar-refractivity contribution >= 4 is 24.2 Å². The molecule has 0 spiro atoms. The monoisotopic (exact) mass is 355 g/mol. The number of nitrogens with two attached hydrogens (primary N) is 1. The van der Waals surface area contributed by atoms with Crippen LogP contribution in [0.4, 0.5) is 0 Å². The second-order valence-corrected chi connectivity index (χ2v) is 5.89. The van der Waals surface area contributed by atoms with Crippen LogP contribution in [0.15, 0.2) is 24.3 Å². The van der Waals surface area contributed by atoms with Gasteiger partial charge in [0.1, 0.15) is 0 Å². The van der Waals surface area contributed by atoms with E-state index in [1.54, 1.807) is 0 Å². The highest BCUT2D eigenvalue weighted by Crippen LogP contribution is 2.33. The quantitative estimate of drug-likeness (QED) is 0.711. The highest BCUT2D eigenvalue weighted by Gasteiger charge is 2.27. The van der Waals surface area contributed by atoms with Crippen LogP contribution in [0, 0.1) is 12.8 Å². The number of rotatable bonds is 6. The summed E-state index contributed by atoms with van der Waals surface area (Å²) in [5.74, 6) is -0.306. The predicted molar refractivity (Wildman–Crippen MR) is 94.9 cm³/mol. The van der Waals surface area contributed by atoms with Gasteiger partial charge in [0.05, 0.1) is 19.2 Å². The standard InChI is InChI=1S/C17H25N3O3.ClH/c1-12-4-6-13(7-5-12)17-14(3-2-8-23-17)10-19-16(22)11-20-15(21)9-18;/h4-7,14,17H,2-3,8-11,18H2,1H3,(H,19,22)(H,20,21);1H. The molecule has 6 nitrogen and oxygen atoms in total. The first-order valence-corrected chi connectivity index (χ1v) is 8.01. The van der Waals surface area contributed by atoms with Crippen molar-refractivity contribution in [3.63, 3.8) is 0 Å². The zero-order valence-electron chi connectivity index (χ0n) is 13.9. The average Bonchev–Trinajstić information content (AvgIpc) is 2.58. The molecule has 134 valence electrons. The fraction of sp³-hybridized carbons (Fsp3) is 0.529. The van der Waals surface area contributed by atoms with Crippen molar-refractivity contribution in [1.82, 2.24) is 10.6 Å². The third-order valence-electron chi connectivity index (χ3n) is 4.04. The maximum atomic E-state index is 11.8. The molecule has 1 aromatic carbocycles. The zero-order valence-corrected chi connectivity index (χ0v) is 14.7. The minimum atomic E-state index is -0.335. The summed E-state index contributed by atoms with van der Waals surface area (Å²) in [5, 5.41) is 5.33. The first-order valence-electron chi connectivity index (χ1n) is 8.01. The molecule has 0 radical (unpaired) electrons. The fourth-order valence-electron chi connectivity index (χ4n) is 2.74. The lowest BCUT2D eigenvalue weighted by molar-refractivity contribution is -0.125. The lowest BCUT2D eigenvalue weighted by atomic mass is 9.89. The Balaban J connectivity index is 0.00000288. The molecule has 2 atom stereocenters. The Kier molecular flexibility index (Phi) is 8.74. The highest BCUT2D eigenvalue weighted by atomic mass is 35.5. The topological polar surface area (TPSA) is 93.5 Å². The number of amides is 2. The maximum Gasteiger partial charge on any atom is 0.239 e. The average molecular weight is 356 g/mol. The SMILES string of the molecule is Cc1ccc(C2OCCCC2CNC(=O)CNC(=O)CN)cc1.Cl. The minimum Gasteiger partial charge on any atom is -0.373 e. The van der Waals surface area contributed by atoms with E-state index in [4.69, 9.17) is 10.5 Å². The third-order valence-corrected chi connectivity index (χ3v) is 4.04. The van der Waals surface area contributed by atoms with Crippen molar-refractivity contribution < 1.29 is 14.3 Å². The predicted octanol–water partition coefficient (Wildman–Crippen LogP) is 1.08. The molecule has 1 heterocycles. The van der Waals surface area contributed by atoms with Gasteiger partial charge in [0.2, 0.25) is 11.8 Å². The van der Waals surface area contributed by atoms with Crippen molar-refractivity contribution in [1.29, 1.82) is 0 Å². The molecule has 0 saturated carbocycles.